The molecular weight excluding hydrogens is 585 g/mol. The minimum atomic E-state index is -1.79. The van der Waals surface area contributed by atoms with Crippen LogP contribution in [0.5, 0.6) is 5.75 Å². The largest absolute Gasteiger partial charge is 0.508 e. The van der Waals surface area contributed by atoms with E-state index in [9.17, 15) is 40.1 Å². The van der Waals surface area contributed by atoms with Crippen molar-refractivity contribution in [2.75, 3.05) is 18.1 Å². The molecule has 9 nitrogen and oxygen atoms in total. The lowest BCUT2D eigenvalue weighted by molar-refractivity contribution is -0.123. The number of carbonyl (C=O) groups is 2. The lowest BCUT2D eigenvalue weighted by atomic mass is 9.68. The third-order valence-corrected chi connectivity index (χ3v) is 8.83. The molecule has 4 atom stereocenters. The van der Waals surface area contributed by atoms with Gasteiger partial charge in [-0.25, -0.2) is 0 Å². The fourth-order valence-electron chi connectivity index (χ4n) is 6.41. The molecule has 2 amide bonds. The van der Waals surface area contributed by atoms with Crippen LogP contribution in [0.4, 0.5) is 5.69 Å². The number of hydrogen-bond donors (Lipinski definition) is 6. The lowest BCUT2D eigenvalue weighted by Gasteiger charge is -2.36. The molecule has 0 radical (unpaired) electrons. The number of carbonyl (C=O) groups excluding carboxylic acids is 2. The van der Waals surface area contributed by atoms with Gasteiger partial charge in [-0.15, -0.1) is 0 Å². The molecule has 228 valence electrons. The summed E-state index contributed by atoms with van der Waals surface area (Å²) in [6.45, 7) is -0.978. The first-order valence-corrected chi connectivity index (χ1v) is 14.7. The normalized spacial score (nSPS) is 21.1. The monoisotopic (exact) mass is 617 g/mol. The fourth-order valence-corrected chi connectivity index (χ4v) is 6.63. The second kappa shape index (κ2) is 13.5. The molecule has 0 unspecified atom stereocenters. The van der Waals surface area contributed by atoms with Crippen molar-refractivity contribution in [2.45, 2.75) is 25.4 Å². The van der Waals surface area contributed by atoms with Gasteiger partial charge < -0.3 is 30.5 Å². The van der Waals surface area contributed by atoms with E-state index in [1.165, 1.54) is 36.4 Å². The van der Waals surface area contributed by atoms with Gasteiger partial charge >= 0.3 is 7.12 Å². The molecule has 0 spiro atoms. The zero-order valence-corrected chi connectivity index (χ0v) is 24.5. The van der Waals surface area contributed by atoms with Crippen molar-refractivity contribution >= 4 is 53.3 Å². The van der Waals surface area contributed by atoms with Gasteiger partial charge in [-0.05, 0) is 89.0 Å². The van der Waals surface area contributed by atoms with Crippen molar-refractivity contribution in [3.63, 3.8) is 0 Å². The van der Waals surface area contributed by atoms with E-state index in [0.29, 0.717) is 28.2 Å². The molecule has 1 aliphatic heterocycles. The van der Waals surface area contributed by atoms with Crippen LogP contribution >= 0.6 is 11.6 Å². The highest BCUT2D eigenvalue weighted by Crippen LogP contribution is 2.47. The topological polar surface area (TPSA) is 159 Å². The molecule has 11 heteroatoms. The van der Waals surface area contributed by atoms with Crippen molar-refractivity contribution in [2.24, 2.45) is 17.8 Å². The van der Waals surface area contributed by atoms with E-state index in [1.54, 1.807) is 6.07 Å². The molecule has 1 heterocycles. The minimum Gasteiger partial charge on any atom is -0.508 e. The molecule has 1 fully saturated rings. The Labute approximate surface area is 260 Å². The van der Waals surface area contributed by atoms with Crippen LogP contribution in [0, 0.1) is 17.8 Å². The molecule has 1 aliphatic carbocycles. The number of hydrogen-bond acceptors (Lipinski definition) is 8. The van der Waals surface area contributed by atoms with Crippen LogP contribution in [0.15, 0.2) is 83.9 Å². The summed E-state index contributed by atoms with van der Waals surface area (Å²) in [7, 11) is -1.79. The third-order valence-electron chi connectivity index (χ3n) is 8.50. The number of amides is 2. The summed E-state index contributed by atoms with van der Waals surface area (Å²) in [5.74, 6) is -3.75. The minimum absolute atomic E-state index is 0.0372. The Hall–Kier alpha value is -3.77. The lowest BCUT2D eigenvalue weighted by Crippen LogP contribution is -2.39. The number of phenols is 1. The van der Waals surface area contributed by atoms with Crippen molar-refractivity contribution in [3.05, 3.63) is 100 Å². The zero-order valence-electron chi connectivity index (χ0n) is 23.8. The molecule has 44 heavy (non-hydrogen) atoms. The number of halogens is 1. The predicted molar refractivity (Wildman–Crippen MR) is 168 cm³/mol. The second-order valence-electron chi connectivity index (χ2n) is 11.1. The first kappa shape index (κ1) is 31.7. The summed E-state index contributed by atoms with van der Waals surface area (Å²) < 4.78 is 0. The molecule has 1 saturated heterocycles. The molecule has 6 N–H and O–H groups in total. The van der Waals surface area contributed by atoms with Gasteiger partial charge in [0.25, 0.3) is 0 Å². The maximum absolute atomic E-state index is 13.7. The van der Waals surface area contributed by atoms with E-state index in [2.05, 4.69) is 0 Å². The van der Waals surface area contributed by atoms with Crippen LogP contribution in [0.2, 0.25) is 5.02 Å². The number of aliphatic hydroxyl groups is 3. The summed E-state index contributed by atoms with van der Waals surface area (Å²) in [5.41, 5.74) is 3.47. The zero-order chi connectivity index (χ0) is 31.5. The van der Waals surface area contributed by atoms with Crippen molar-refractivity contribution in [1.29, 1.82) is 0 Å². The van der Waals surface area contributed by atoms with Crippen molar-refractivity contribution in [3.8, 4) is 5.75 Å². The molecule has 5 rings (SSSR count). The Morgan fingerprint density at radius 3 is 2.41 bits per heavy atom. The van der Waals surface area contributed by atoms with Gasteiger partial charge in [-0.3, -0.25) is 14.5 Å². The summed E-state index contributed by atoms with van der Waals surface area (Å²) >= 11 is 6.37. The number of imide groups is 1. The molecule has 2 aliphatic rings. The van der Waals surface area contributed by atoms with E-state index in [0.717, 1.165) is 16.0 Å². The highest BCUT2D eigenvalue weighted by molar-refractivity contribution is 6.58. The summed E-state index contributed by atoms with van der Waals surface area (Å²) in [6.07, 6.45) is 1.33. The Kier molecular flexibility index (Phi) is 9.70. The molecule has 0 bridgehead atoms. The van der Waals surface area contributed by atoms with Gasteiger partial charge in [0.2, 0.25) is 11.8 Å². The Morgan fingerprint density at radius 1 is 1.00 bits per heavy atom. The van der Waals surface area contributed by atoms with Crippen molar-refractivity contribution < 1.29 is 40.1 Å². The number of aliphatic hydroxyl groups excluding tert-OH is 3. The Bertz CT molecular complexity index is 1610. The number of allylic oxidation sites excluding steroid dienone is 1. The SMILES string of the molecule is O=C1[C@@H]2[C@@H](CC(CO)=C([C@H](O)CC/C(=C/c3ccc(O)cc3Cl)c3ccccc3)[C@@H]2CO)C(=O)N1c1cccc(B(O)O)c1. The van der Waals surface area contributed by atoms with Gasteiger partial charge in [0.15, 0.2) is 0 Å². The predicted octanol–water partition coefficient (Wildman–Crippen LogP) is 2.51. The summed E-state index contributed by atoms with van der Waals surface area (Å²) in [4.78, 5) is 28.3. The quantitative estimate of drug-likeness (QED) is 0.0877. The Balaban J connectivity index is 1.44. The van der Waals surface area contributed by atoms with Crippen LogP contribution in [0.25, 0.3) is 11.6 Å². The van der Waals surface area contributed by atoms with Crippen molar-refractivity contribution in [1.82, 2.24) is 0 Å². The van der Waals surface area contributed by atoms with Crippen LogP contribution in [-0.4, -0.2) is 68.7 Å². The maximum atomic E-state index is 13.7. The molecular formula is C33H33BClNO8. The number of phenolic OH excluding ortho intramolecular Hbond substituents is 1. The smallest absolute Gasteiger partial charge is 0.488 e. The van der Waals surface area contributed by atoms with E-state index < -0.39 is 56.0 Å². The van der Waals surface area contributed by atoms with E-state index >= 15 is 0 Å². The number of anilines is 1. The average molecular weight is 618 g/mol. The van der Waals surface area contributed by atoms with Crippen LogP contribution < -0.4 is 10.4 Å². The highest BCUT2D eigenvalue weighted by Gasteiger charge is 2.55. The fraction of sp³-hybridized carbons (Fsp3) is 0.273. The standard InChI is InChI=1S/C33H33BClNO8/c35-28-16-25(39)11-9-21(28)13-20(19-5-2-1-3-6-19)10-12-29(40)30-22(17-37)14-26-31(27(30)18-38)33(42)36(32(26)41)24-8-4-7-23(15-24)34(43)44/h1-9,11,13,15-16,26-27,29,31,37-40,43-44H,10,12,14,17-18H2/b20-13-/t26-,27+,29-,31-/m1/s1. The summed E-state index contributed by atoms with van der Waals surface area (Å²) in [6, 6.07) is 20.0. The number of rotatable bonds is 10. The van der Waals surface area contributed by atoms with Gasteiger partial charge in [0, 0.05) is 5.92 Å². The van der Waals surface area contributed by atoms with Crippen LogP contribution in [-0.2, 0) is 9.59 Å². The van der Waals surface area contributed by atoms with Gasteiger partial charge in [-0.1, -0.05) is 54.1 Å². The first-order valence-electron chi connectivity index (χ1n) is 14.3. The van der Waals surface area contributed by atoms with E-state index in [1.807, 2.05) is 36.4 Å². The number of aromatic hydroxyl groups is 1. The number of benzene rings is 3. The molecule has 3 aromatic carbocycles. The van der Waals surface area contributed by atoms with Gasteiger partial charge in [-0.2, -0.15) is 0 Å². The first-order chi connectivity index (χ1) is 21.1. The van der Waals surface area contributed by atoms with Gasteiger partial charge in [0.05, 0.1) is 41.9 Å². The van der Waals surface area contributed by atoms with Crippen LogP contribution in [0.3, 0.4) is 0 Å². The average Bonchev–Trinajstić information content (AvgIpc) is 3.28. The molecule has 0 saturated carbocycles. The maximum Gasteiger partial charge on any atom is 0.488 e. The Morgan fingerprint density at radius 2 is 1.75 bits per heavy atom. The third kappa shape index (κ3) is 6.23. The number of fused-ring (bicyclic) bond motifs is 1. The van der Waals surface area contributed by atoms with E-state index in [4.69, 9.17) is 11.6 Å². The van der Waals surface area contributed by atoms with E-state index in [-0.39, 0.29) is 29.7 Å². The second-order valence-corrected chi connectivity index (χ2v) is 11.5. The summed E-state index contributed by atoms with van der Waals surface area (Å²) in [5, 5.41) is 61.7. The van der Waals surface area contributed by atoms with Gasteiger partial charge in [0.1, 0.15) is 5.75 Å². The van der Waals surface area contributed by atoms with Crippen LogP contribution in [0.1, 0.15) is 30.4 Å². The molecule has 0 aromatic heterocycles. The highest BCUT2D eigenvalue weighted by atomic mass is 35.5. The number of nitrogens with zero attached hydrogens (tertiary/aromatic N) is 1. The molecule has 3 aromatic rings.